The second-order valence-electron chi connectivity index (χ2n) is 5.61. The van der Waals surface area contributed by atoms with E-state index in [2.05, 4.69) is 16.9 Å². The van der Waals surface area contributed by atoms with Gasteiger partial charge in [0.1, 0.15) is 17.4 Å². The molecular formula is C17H14FN3O2. The van der Waals surface area contributed by atoms with Crippen molar-refractivity contribution in [1.29, 1.82) is 0 Å². The third kappa shape index (κ3) is 2.23. The van der Waals surface area contributed by atoms with E-state index in [0.29, 0.717) is 11.3 Å². The van der Waals surface area contributed by atoms with Crippen molar-refractivity contribution in [3.8, 4) is 17.1 Å². The molecule has 3 heterocycles. The average molecular weight is 311 g/mol. The minimum atomic E-state index is -0.488. The van der Waals surface area contributed by atoms with Gasteiger partial charge in [-0.2, -0.15) is 0 Å². The summed E-state index contributed by atoms with van der Waals surface area (Å²) in [4.78, 5) is 20.0. The Bertz CT molecular complexity index is 880. The number of H-pyrrole nitrogens is 1. The molecule has 2 aromatic heterocycles. The zero-order valence-corrected chi connectivity index (χ0v) is 12.4. The minimum Gasteiger partial charge on any atom is -0.423 e. The predicted molar refractivity (Wildman–Crippen MR) is 81.8 cm³/mol. The van der Waals surface area contributed by atoms with E-state index < -0.39 is 5.97 Å². The average Bonchev–Trinajstić information content (AvgIpc) is 3.15. The zero-order chi connectivity index (χ0) is 16.0. The molecule has 0 saturated carbocycles. The van der Waals surface area contributed by atoms with Gasteiger partial charge >= 0.3 is 5.97 Å². The molecule has 1 atom stereocenters. The summed E-state index contributed by atoms with van der Waals surface area (Å²) in [6.45, 7) is 2.10. The lowest BCUT2D eigenvalue weighted by Crippen LogP contribution is -2.17. The van der Waals surface area contributed by atoms with Crippen LogP contribution >= 0.6 is 0 Å². The molecule has 4 rings (SSSR count). The number of hydrogen-bond donors (Lipinski definition) is 1. The fourth-order valence-electron chi connectivity index (χ4n) is 2.96. The number of carbonyl (C=O) groups excluding carboxylic acids is 1. The highest BCUT2D eigenvalue weighted by molar-refractivity contribution is 5.98. The largest absolute Gasteiger partial charge is 0.423 e. The summed E-state index contributed by atoms with van der Waals surface area (Å²) >= 11 is 0. The van der Waals surface area contributed by atoms with Gasteiger partial charge in [0.15, 0.2) is 0 Å². The Kier molecular flexibility index (Phi) is 3.04. The Morgan fingerprint density at radius 2 is 2.17 bits per heavy atom. The first-order valence-electron chi connectivity index (χ1n) is 7.34. The Hall–Kier alpha value is -2.89. The van der Waals surface area contributed by atoms with Crippen LogP contribution in [0.3, 0.4) is 0 Å². The van der Waals surface area contributed by atoms with Crippen LogP contribution in [-0.4, -0.2) is 20.5 Å². The molecule has 0 unspecified atom stereocenters. The maximum Gasteiger partial charge on any atom is 0.345 e. The van der Waals surface area contributed by atoms with Crippen LogP contribution in [0, 0.1) is 5.82 Å². The van der Waals surface area contributed by atoms with Crippen molar-refractivity contribution in [3.05, 3.63) is 59.9 Å². The second kappa shape index (κ2) is 5.08. The van der Waals surface area contributed by atoms with Crippen molar-refractivity contribution >= 4 is 5.97 Å². The molecule has 3 aromatic rings. The summed E-state index contributed by atoms with van der Waals surface area (Å²) in [7, 11) is 0. The number of esters is 1. The maximum absolute atomic E-state index is 12.9. The van der Waals surface area contributed by atoms with Gasteiger partial charge in [-0.05, 0) is 31.2 Å². The molecule has 116 valence electrons. The molecule has 0 radical (unpaired) electrons. The molecule has 6 heteroatoms. The van der Waals surface area contributed by atoms with Gasteiger partial charge in [0.2, 0.25) is 0 Å². The number of carbonyl (C=O) groups is 1. The molecule has 0 fully saturated rings. The standard InChI is InChI=1S/C17H14FN3O2/c1-10-8-14-15(16-19-6-7-21(10)16)13(9-20-14)17(22)23-12-4-2-11(18)3-5-12/h2-7,9-10,20H,8H2,1H3/t10-/m0/s1. The van der Waals surface area contributed by atoms with Crippen LogP contribution in [0.1, 0.15) is 29.0 Å². The van der Waals surface area contributed by atoms with Crippen molar-refractivity contribution in [3.63, 3.8) is 0 Å². The molecule has 0 spiro atoms. The van der Waals surface area contributed by atoms with E-state index in [1.165, 1.54) is 24.3 Å². The molecule has 0 aliphatic carbocycles. The molecule has 1 aliphatic rings. The van der Waals surface area contributed by atoms with E-state index in [1.54, 1.807) is 12.4 Å². The second-order valence-corrected chi connectivity index (χ2v) is 5.61. The van der Waals surface area contributed by atoms with Crippen molar-refractivity contribution < 1.29 is 13.9 Å². The van der Waals surface area contributed by atoms with Gasteiger partial charge in [-0.1, -0.05) is 0 Å². The molecular weight excluding hydrogens is 297 g/mol. The van der Waals surface area contributed by atoms with Crippen molar-refractivity contribution in [2.75, 3.05) is 0 Å². The highest BCUT2D eigenvalue weighted by Gasteiger charge is 2.29. The minimum absolute atomic E-state index is 0.277. The van der Waals surface area contributed by atoms with Crippen molar-refractivity contribution in [2.24, 2.45) is 0 Å². The van der Waals surface area contributed by atoms with Crippen molar-refractivity contribution in [2.45, 2.75) is 19.4 Å². The first-order chi connectivity index (χ1) is 11.1. The maximum atomic E-state index is 12.9. The Morgan fingerprint density at radius 1 is 1.39 bits per heavy atom. The Morgan fingerprint density at radius 3 is 2.96 bits per heavy atom. The van der Waals surface area contributed by atoms with Crippen molar-refractivity contribution in [1.82, 2.24) is 14.5 Å². The molecule has 0 bridgehead atoms. The summed E-state index contributed by atoms with van der Waals surface area (Å²) in [5, 5.41) is 0. The van der Waals surface area contributed by atoms with E-state index in [4.69, 9.17) is 4.74 Å². The van der Waals surface area contributed by atoms with Crippen LogP contribution in [0.4, 0.5) is 4.39 Å². The highest BCUT2D eigenvalue weighted by Crippen LogP contribution is 2.35. The van der Waals surface area contributed by atoms with E-state index >= 15 is 0 Å². The molecule has 5 nitrogen and oxygen atoms in total. The summed E-state index contributed by atoms with van der Waals surface area (Å²) in [5.74, 6) is 0.197. The SMILES string of the molecule is C[C@H]1Cc2[nH]cc(C(=O)Oc3ccc(F)cc3)c2-c2nccn21. The summed E-state index contributed by atoms with van der Waals surface area (Å²) in [6, 6.07) is 5.64. The van der Waals surface area contributed by atoms with Gasteiger partial charge in [-0.25, -0.2) is 14.2 Å². The van der Waals surface area contributed by atoms with E-state index in [1.807, 2.05) is 10.8 Å². The summed E-state index contributed by atoms with van der Waals surface area (Å²) < 4.78 is 20.3. The summed E-state index contributed by atoms with van der Waals surface area (Å²) in [5.41, 5.74) is 2.19. The first kappa shape index (κ1) is 13.8. The van der Waals surface area contributed by atoms with Crippen LogP contribution < -0.4 is 4.74 Å². The number of aromatic nitrogens is 3. The number of rotatable bonds is 2. The number of imidazole rings is 1. The smallest absolute Gasteiger partial charge is 0.345 e. The van der Waals surface area contributed by atoms with Crippen LogP contribution in [0.5, 0.6) is 5.75 Å². The van der Waals surface area contributed by atoms with Crippen LogP contribution in [0.15, 0.2) is 42.9 Å². The predicted octanol–water partition coefficient (Wildman–Crippen LogP) is 3.35. The van der Waals surface area contributed by atoms with Gasteiger partial charge in [0, 0.05) is 36.7 Å². The lowest BCUT2D eigenvalue weighted by Gasteiger charge is -2.22. The number of nitrogens with zero attached hydrogens (tertiary/aromatic N) is 2. The van der Waals surface area contributed by atoms with E-state index in [-0.39, 0.29) is 11.9 Å². The zero-order valence-electron chi connectivity index (χ0n) is 12.4. The highest BCUT2D eigenvalue weighted by atomic mass is 19.1. The van der Waals surface area contributed by atoms with E-state index in [0.717, 1.165) is 23.5 Å². The third-order valence-electron chi connectivity index (χ3n) is 4.07. The number of hydrogen-bond acceptors (Lipinski definition) is 3. The van der Waals surface area contributed by atoms with Gasteiger partial charge in [0.25, 0.3) is 0 Å². The summed E-state index contributed by atoms with van der Waals surface area (Å²) in [6.07, 6.45) is 6.07. The van der Waals surface area contributed by atoms with E-state index in [9.17, 15) is 9.18 Å². The first-order valence-corrected chi connectivity index (χ1v) is 7.34. The number of ether oxygens (including phenoxy) is 1. The normalized spacial score (nSPS) is 15.8. The number of halogens is 1. The number of benzene rings is 1. The molecule has 1 N–H and O–H groups in total. The molecule has 0 saturated heterocycles. The topological polar surface area (TPSA) is 59.9 Å². The number of aromatic amines is 1. The monoisotopic (exact) mass is 311 g/mol. The van der Waals surface area contributed by atoms with Gasteiger partial charge in [0.05, 0.1) is 11.1 Å². The molecule has 23 heavy (non-hydrogen) atoms. The Balaban J connectivity index is 1.70. The fraction of sp³-hybridized carbons (Fsp3) is 0.176. The lowest BCUT2D eigenvalue weighted by atomic mass is 10.0. The fourth-order valence-corrected chi connectivity index (χ4v) is 2.96. The quantitative estimate of drug-likeness (QED) is 0.583. The molecule has 1 aromatic carbocycles. The van der Waals surface area contributed by atoms with Crippen LogP contribution in [0.25, 0.3) is 11.4 Å². The van der Waals surface area contributed by atoms with Gasteiger partial charge in [-0.3, -0.25) is 0 Å². The number of fused-ring (bicyclic) bond motifs is 3. The van der Waals surface area contributed by atoms with Gasteiger partial charge in [-0.15, -0.1) is 0 Å². The third-order valence-corrected chi connectivity index (χ3v) is 4.07. The number of nitrogens with one attached hydrogen (secondary N) is 1. The van der Waals surface area contributed by atoms with Crippen LogP contribution in [0.2, 0.25) is 0 Å². The van der Waals surface area contributed by atoms with Gasteiger partial charge < -0.3 is 14.3 Å². The lowest BCUT2D eigenvalue weighted by molar-refractivity contribution is 0.0735. The molecule has 1 aliphatic heterocycles. The van der Waals surface area contributed by atoms with Crippen LogP contribution in [-0.2, 0) is 6.42 Å². The molecule has 0 amide bonds. The Labute approximate surface area is 131 Å².